The zero-order chi connectivity index (χ0) is 15.9. The minimum Gasteiger partial charge on any atom is -0.497 e. The molecule has 0 unspecified atom stereocenters. The number of carbonyl (C=O) groups excluding carboxylic acids is 1. The number of oxazole rings is 1. The van der Waals surface area contributed by atoms with Gasteiger partial charge in [0.05, 0.1) is 19.9 Å². The number of halogens is 1. The standard InChI is InChI=1S/C14H14BrN3O4/c1-3-21-12-8-16-14(22-12)13(19)18-17-7-9-6-10(20-2)4-5-11(9)15/h4-8H,3H2,1-2H3,(H,18,19)/b17-7+. The van der Waals surface area contributed by atoms with Crippen LogP contribution in [0, 0.1) is 0 Å². The molecular weight excluding hydrogens is 354 g/mol. The maximum atomic E-state index is 11.8. The van der Waals surface area contributed by atoms with E-state index in [4.69, 9.17) is 13.9 Å². The summed E-state index contributed by atoms with van der Waals surface area (Å²) >= 11 is 3.39. The smallest absolute Gasteiger partial charge is 0.327 e. The molecule has 1 amide bonds. The number of benzene rings is 1. The molecule has 0 aliphatic carbocycles. The fourth-order valence-electron chi connectivity index (χ4n) is 1.53. The predicted octanol–water partition coefficient (Wildman–Crippen LogP) is 2.61. The Kier molecular flexibility index (Phi) is 5.54. The quantitative estimate of drug-likeness (QED) is 0.626. The van der Waals surface area contributed by atoms with Crippen molar-refractivity contribution in [1.82, 2.24) is 10.4 Å². The Morgan fingerprint density at radius 3 is 3.09 bits per heavy atom. The van der Waals surface area contributed by atoms with E-state index >= 15 is 0 Å². The molecule has 0 fully saturated rings. The Morgan fingerprint density at radius 2 is 2.36 bits per heavy atom. The van der Waals surface area contributed by atoms with Gasteiger partial charge in [-0.2, -0.15) is 5.10 Å². The van der Waals surface area contributed by atoms with Crippen LogP contribution in [0.3, 0.4) is 0 Å². The second-order valence-corrected chi connectivity index (χ2v) is 4.86. The fourth-order valence-corrected chi connectivity index (χ4v) is 1.88. The number of rotatable bonds is 6. The van der Waals surface area contributed by atoms with E-state index in [2.05, 4.69) is 31.4 Å². The van der Waals surface area contributed by atoms with Crippen LogP contribution in [0.2, 0.25) is 0 Å². The van der Waals surface area contributed by atoms with Crippen LogP contribution in [0.1, 0.15) is 23.2 Å². The lowest BCUT2D eigenvalue weighted by molar-refractivity contribution is 0.0912. The van der Waals surface area contributed by atoms with E-state index in [1.807, 2.05) is 12.1 Å². The highest BCUT2D eigenvalue weighted by Crippen LogP contribution is 2.20. The molecular formula is C14H14BrN3O4. The maximum Gasteiger partial charge on any atom is 0.327 e. The molecule has 0 atom stereocenters. The van der Waals surface area contributed by atoms with Gasteiger partial charge in [-0.3, -0.25) is 4.79 Å². The summed E-state index contributed by atoms with van der Waals surface area (Å²) in [5.41, 5.74) is 3.08. The van der Waals surface area contributed by atoms with Gasteiger partial charge in [-0.15, -0.1) is 0 Å². The van der Waals surface area contributed by atoms with Crippen molar-refractivity contribution in [2.45, 2.75) is 6.92 Å². The van der Waals surface area contributed by atoms with Crippen molar-refractivity contribution in [3.63, 3.8) is 0 Å². The molecule has 0 radical (unpaired) electrons. The Balaban J connectivity index is 2.00. The van der Waals surface area contributed by atoms with Gasteiger partial charge in [-0.1, -0.05) is 15.9 Å². The Morgan fingerprint density at radius 1 is 1.55 bits per heavy atom. The van der Waals surface area contributed by atoms with Crippen LogP contribution < -0.4 is 14.9 Å². The number of methoxy groups -OCH3 is 1. The zero-order valence-corrected chi connectivity index (χ0v) is 13.6. The van der Waals surface area contributed by atoms with Gasteiger partial charge in [-0.25, -0.2) is 10.4 Å². The van der Waals surface area contributed by atoms with E-state index in [1.54, 1.807) is 20.1 Å². The third kappa shape index (κ3) is 4.08. The first-order chi connectivity index (χ1) is 10.6. The van der Waals surface area contributed by atoms with Gasteiger partial charge in [0.25, 0.3) is 5.89 Å². The summed E-state index contributed by atoms with van der Waals surface area (Å²) in [6.07, 6.45) is 2.82. The second-order valence-electron chi connectivity index (χ2n) is 4.00. The molecule has 0 saturated carbocycles. The van der Waals surface area contributed by atoms with E-state index in [9.17, 15) is 4.79 Å². The Bertz CT molecular complexity index is 684. The van der Waals surface area contributed by atoms with Crippen LogP contribution in [0.5, 0.6) is 11.7 Å². The lowest BCUT2D eigenvalue weighted by atomic mass is 10.2. The lowest BCUT2D eigenvalue weighted by Crippen LogP contribution is -2.17. The number of amides is 1. The van der Waals surface area contributed by atoms with Crippen molar-refractivity contribution < 1.29 is 18.7 Å². The molecule has 2 aromatic rings. The molecule has 0 spiro atoms. The Labute approximate surface area is 135 Å². The third-order valence-electron chi connectivity index (χ3n) is 2.54. The summed E-state index contributed by atoms with van der Waals surface area (Å²) in [5, 5.41) is 3.86. The van der Waals surface area contributed by atoms with Crippen LogP contribution in [-0.4, -0.2) is 30.8 Å². The fraction of sp³-hybridized carbons (Fsp3) is 0.214. The van der Waals surface area contributed by atoms with Gasteiger partial charge in [-0.05, 0) is 25.1 Å². The highest BCUT2D eigenvalue weighted by Gasteiger charge is 2.12. The van der Waals surface area contributed by atoms with Crippen molar-refractivity contribution in [2.75, 3.05) is 13.7 Å². The summed E-state index contributed by atoms with van der Waals surface area (Å²) in [6.45, 7) is 2.23. The predicted molar refractivity (Wildman–Crippen MR) is 83.4 cm³/mol. The summed E-state index contributed by atoms with van der Waals surface area (Å²) in [5.74, 6) is 0.184. The normalized spacial score (nSPS) is 10.7. The molecule has 22 heavy (non-hydrogen) atoms. The first-order valence-electron chi connectivity index (χ1n) is 6.39. The number of aromatic nitrogens is 1. The first kappa shape index (κ1) is 16.0. The Hall–Kier alpha value is -2.35. The average Bonchev–Trinajstić information content (AvgIpc) is 2.98. The second kappa shape index (κ2) is 7.60. The molecule has 2 rings (SSSR count). The summed E-state index contributed by atoms with van der Waals surface area (Å²) < 4.78 is 16.1. The molecule has 116 valence electrons. The molecule has 0 aliphatic heterocycles. The number of nitrogens with one attached hydrogen (secondary N) is 1. The number of nitrogens with zero attached hydrogens (tertiary/aromatic N) is 2. The van der Waals surface area contributed by atoms with Crippen LogP contribution in [0.4, 0.5) is 0 Å². The number of hydrogen-bond acceptors (Lipinski definition) is 6. The summed E-state index contributed by atoms with van der Waals surface area (Å²) in [6, 6.07) is 5.41. The number of carbonyl (C=O) groups is 1. The highest BCUT2D eigenvalue weighted by atomic mass is 79.9. The van der Waals surface area contributed by atoms with Gasteiger partial charge in [0.2, 0.25) is 0 Å². The van der Waals surface area contributed by atoms with E-state index in [0.717, 1.165) is 10.0 Å². The van der Waals surface area contributed by atoms with E-state index < -0.39 is 5.91 Å². The van der Waals surface area contributed by atoms with Crippen molar-refractivity contribution in [3.8, 4) is 11.7 Å². The highest BCUT2D eigenvalue weighted by molar-refractivity contribution is 9.10. The molecule has 1 aromatic heterocycles. The van der Waals surface area contributed by atoms with Gasteiger partial charge in [0.1, 0.15) is 11.9 Å². The maximum absolute atomic E-state index is 11.8. The molecule has 0 bridgehead atoms. The van der Waals surface area contributed by atoms with Crippen molar-refractivity contribution >= 4 is 28.1 Å². The molecule has 8 heteroatoms. The van der Waals surface area contributed by atoms with Crippen LogP contribution >= 0.6 is 15.9 Å². The van der Waals surface area contributed by atoms with Crippen molar-refractivity contribution in [2.24, 2.45) is 5.10 Å². The first-order valence-corrected chi connectivity index (χ1v) is 7.19. The molecule has 1 aromatic carbocycles. The van der Waals surface area contributed by atoms with E-state index in [-0.39, 0.29) is 11.8 Å². The third-order valence-corrected chi connectivity index (χ3v) is 3.26. The van der Waals surface area contributed by atoms with Gasteiger partial charge in [0, 0.05) is 10.0 Å². The molecule has 1 N–H and O–H groups in total. The molecule has 7 nitrogen and oxygen atoms in total. The number of hydrazone groups is 1. The van der Waals surface area contributed by atoms with Gasteiger partial charge in [0.15, 0.2) is 0 Å². The minimum absolute atomic E-state index is 0.120. The summed E-state index contributed by atoms with van der Waals surface area (Å²) in [7, 11) is 1.57. The molecule has 0 aliphatic rings. The van der Waals surface area contributed by atoms with Crippen LogP contribution in [0.25, 0.3) is 0 Å². The monoisotopic (exact) mass is 367 g/mol. The van der Waals surface area contributed by atoms with Gasteiger partial charge < -0.3 is 13.9 Å². The van der Waals surface area contributed by atoms with Crippen molar-refractivity contribution in [3.05, 3.63) is 40.3 Å². The van der Waals surface area contributed by atoms with E-state index in [0.29, 0.717) is 12.4 Å². The number of hydrogen-bond donors (Lipinski definition) is 1. The zero-order valence-electron chi connectivity index (χ0n) is 12.0. The largest absolute Gasteiger partial charge is 0.497 e. The molecule has 1 heterocycles. The van der Waals surface area contributed by atoms with Crippen LogP contribution in [-0.2, 0) is 0 Å². The average molecular weight is 368 g/mol. The summed E-state index contributed by atoms with van der Waals surface area (Å²) in [4.78, 5) is 15.6. The topological polar surface area (TPSA) is 86.0 Å². The van der Waals surface area contributed by atoms with E-state index in [1.165, 1.54) is 12.4 Å². The van der Waals surface area contributed by atoms with Crippen LogP contribution in [0.15, 0.2) is 38.4 Å². The minimum atomic E-state index is -0.568. The lowest BCUT2D eigenvalue weighted by Gasteiger charge is -2.02. The van der Waals surface area contributed by atoms with Gasteiger partial charge >= 0.3 is 11.9 Å². The SMILES string of the molecule is CCOc1cnc(C(=O)N/N=C/c2cc(OC)ccc2Br)o1. The number of ether oxygens (including phenoxy) is 2. The molecule has 0 saturated heterocycles. The van der Waals surface area contributed by atoms with Crippen molar-refractivity contribution in [1.29, 1.82) is 0 Å².